The summed E-state index contributed by atoms with van der Waals surface area (Å²) in [4.78, 5) is 37.9. The van der Waals surface area contributed by atoms with Crippen molar-refractivity contribution >= 4 is 11.9 Å². The van der Waals surface area contributed by atoms with E-state index in [1.54, 1.807) is 6.92 Å². The number of pyridine rings is 1. The molecule has 2 heterocycles. The van der Waals surface area contributed by atoms with Crippen molar-refractivity contribution in [3.63, 3.8) is 0 Å². The first-order chi connectivity index (χ1) is 8.82. The third kappa shape index (κ3) is 2.44. The number of nitrogens with one attached hydrogen (secondary N) is 1. The Kier molecular flexibility index (Phi) is 3.05. The number of carbonyl (C=O) groups is 2. The standard InChI is InChI=1S/C12H14N2O5/c1-12(11(18)19)2-3-14(6-12)10(17)7-4-8(15)13-9(16)5-7/h4-5H,2-3,6H2,1H3,(H,18,19)(H2,13,15,16). The summed E-state index contributed by atoms with van der Waals surface area (Å²) in [5.74, 6) is -1.79. The minimum Gasteiger partial charge on any atom is -0.494 e. The van der Waals surface area contributed by atoms with E-state index in [0.29, 0.717) is 13.0 Å². The predicted molar refractivity (Wildman–Crippen MR) is 65.0 cm³/mol. The van der Waals surface area contributed by atoms with Crippen molar-refractivity contribution in [3.05, 3.63) is 28.0 Å². The van der Waals surface area contributed by atoms with Crippen LogP contribution in [0.2, 0.25) is 0 Å². The van der Waals surface area contributed by atoms with Gasteiger partial charge in [0.15, 0.2) is 5.88 Å². The monoisotopic (exact) mass is 266 g/mol. The fourth-order valence-corrected chi connectivity index (χ4v) is 2.14. The summed E-state index contributed by atoms with van der Waals surface area (Å²) in [6, 6.07) is 2.23. The van der Waals surface area contributed by atoms with Crippen LogP contribution in [0.25, 0.3) is 0 Å². The van der Waals surface area contributed by atoms with Gasteiger partial charge in [-0.2, -0.15) is 0 Å². The number of likely N-dealkylation sites (tertiary alicyclic amines) is 1. The Morgan fingerprint density at radius 1 is 1.42 bits per heavy atom. The second-order valence-corrected chi connectivity index (χ2v) is 4.96. The molecule has 1 aromatic rings. The van der Waals surface area contributed by atoms with Crippen molar-refractivity contribution in [2.45, 2.75) is 13.3 Å². The van der Waals surface area contributed by atoms with Gasteiger partial charge < -0.3 is 15.1 Å². The van der Waals surface area contributed by atoms with Crippen molar-refractivity contribution in [2.24, 2.45) is 5.41 Å². The number of nitrogens with zero attached hydrogens (tertiary/aromatic N) is 1. The molecular weight excluding hydrogens is 252 g/mol. The summed E-state index contributed by atoms with van der Waals surface area (Å²) < 4.78 is 0. The van der Waals surface area contributed by atoms with Gasteiger partial charge in [0, 0.05) is 25.2 Å². The fraction of sp³-hybridized carbons (Fsp3) is 0.417. The lowest BCUT2D eigenvalue weighted by molar-refractivity contribution is -0.147. The van der Waals surface area contributed by atoms with E-state index in [1.165, 1.54) is 4.90 Å². The van der Waals surface area contributed by atoms with Gasteiger partial charge in [0.25, 0.3) is 11.5 Å². The molecule has 1 aromatic heterocycles. The molecule has 1 unspecified atom stereocenters. The van der Waals surface area contributed by atoms with E-state index >= 15 is 0 Å². The van der Waals surface area contributed by atoms with Crippen molar-refractivity contribution in [1.82, 2.24) is 9.88 Å². The maximum Gasteiger partial charge on any atom is 0.311 e. The molecule has 7 nitrogen and oxygen atoms in total. The minimum absolute atomic E-state index is 0.0517. The van der Waals surface area contributed by atoms with Gasteiger partial charge in [0.05, 0.1) is 11.0 Å². The smallest absolute Gasteiger partial charge is 0.311 e. The Bertz CT molecular complexity index is 594. The SMILES string of the molecule is CC1(C(=O)O)CCN(C(=O)c2cc(O)[nH]c(=O)c2)C1. The van der Waals surface area contributed by atoms with Crippen LogP contribution in [0.15, 0.2) is 16.9 Å². The first kappa shape index (κ1) is 13.1. The number of amides is 1. The highest BCUT2D eigenvalue weighted by atomic mass is 16.4. The Labute approximate surface area is 108 Å². The van der Waals surface area contributed by atoms with E-state index in [0.717, 1.165) is 12.1 Å². The summed E-state index contributed by atoms with van der Waals surface area (Å²) >= 11 is 0. The van der Waals surface area contributed by atoms with E-state index in [-0.39, 0.29) is 12.1 Å². The largest absolute Gasteiger partial charge is 0.494 e. The molecule has 1 amide bonds. The summed E-state index contributed by atoms with van der Waals surface area (Å²) in [5, 5.41) is 18.4. The highest BCUT2D eigenvalue weighted by Gasteiger charge is 2.42. The normalized spacial score (nSPS) is 22.5. The molecule has 0 radical (unpaired) electrons. The van der Waals surface area contributed by atoms with Gasteiger partial charge in [-0.25, -0.2) is 0 Å². The molecule has 102 valence electrons. The zero-order valence-corrected chi connectivity index (χ0v) is 10.3. The van der Waals surface area contributed by atoms with Gasteiger partial charge in [-0.05, 0) is 13.3 Å². The second-order valence-electron chi connectivity index (χ2n) is 4.96. The third-order valence-electron chi connectivity index (χ3n) is 3.35. The van der Waals surface area contributed by atoms with Gasteiger partial charge >= 0.3 is 5.97 Å². The Morgan fingerprint density at radius 2 is 2.11 bits per heavy atom. The Balaban J connectivity index is 2.22. The van der Waals surface area contributed by atoms with Crippen LogP contribution in [0.3, 0.4) is 0 Å². The lowest BCUT2D eigenvalue weighted by Gasteiger charge is -2.20. The molecule has 0 spiro atoms. The number of carboxylic acid groups (broad SMARTS) is 1. The van der Waals surface area contributed by atoms with Crippen molar-refractivity contribution in [2.75, 3.05) is 13.1 Å². The molecule has 1 saturated heterocycles. The minimum atomic E-state index is -0.959. The molecule has 19 heavy (non-hydrogen) atoms. The lowest BCUT2D eigenvalue weighted by atomic mass is 9.90. The summed E-state index contributed by atoms with van der Waals surface area (Å²) in [6.45, 7) is 1.99. The van der Waals surface area contributed by atoms with Crippen LogP contribution in [0.1, 0.15) is 23.7 Å². The van der Waals surface area contributed by atoms with Crippen molar-refractivity contribution < 1.29 is 19.8 Å². The Hall–Kier alpha value is -2.31. The number of hydrogen-bond donors (Lipinski definition) is 3. The van der Waals surface area contributed by atoms with Crippen LogP contribution in [-0.4, -0.2) is 45.1 Å². The average Bonchev–Trinajstić information content (AvgIpc) is 2.71. The second kappa shape index (κ2) is 4.42. The molecule has 0 aromatic carbocycles. The van der Waals surface area contributed by atoms with Gasteiger partial charge in [0.2, 0.25) is 0 Å². The van der Waals surface area contributed by atoms with Crippen LogP contribution >= 0.6 is 0 Å². The molecule has 7 heteroatoms. The zero-order chi connectivity index (χ0) is 14.2. The van der Waals surface area contributed by atoms with E-state index in [9.17, 15) is 19.5 Å². The molecule has 1 aliphatic heterocycles. The van der Waals surface area contributed by atoms with Crippen LogP contribution in [-0.2, 0) is 4.79 Å². The lowest BCUT2D eigenvalue weighted by Crippen LogP contribution is -2.35. The number of hydrogen-bond acceptors (Lipinski definition) is 4. The summed E-state index contributed by atoms with van der Waals surface area (Å²) in [5.41, 5.74) is -1.49. The number of aromatic amines is 1. The molecule has 2 rings (SSSR count). The van der Waals surface area contributed by atoms with Crippen LogP contribution in [0, 0.1) is 5.41 Å². The van der Waals surface area contributed by atoms with Gasteiger partial charge in [0.1, 0.15) is 0 Å². The number of aromatic nitrogens is 1. The highest BCUT2D eigenvalue weighted by Crippen LogP contribution is 2.30. The maximum atomic E-state index is 12.1. The molecule has 1 aliphatic rings. The predicted octanol–water partition coefficient (Wildman–Crippen LogP) is 0.0173. The van der Waals surface area contributed by atoms with Gasteiger partial charge in [-0.3, -0.25) is 19.4 Å². The highest BCUT2D eigenvalue weighted by molar-refractivity contribution is 5.95. The first-order valence-corrected chi connectivity index (χ1v) is 5.78. The van der Waals surface area contributed by atoms with Gasteiger partial charge in [-0.1, -0.05) is 0 Å². The number of rotatable bonds is 2. The summed E-state index contributed by atoms with van der Waals surface area (Å²) in [7, 11) is 0. The zero-order valence-electron chi connectivity index (χ0n) is 10.3. The topological polar surface area (TPSA) is 111 Å². The van der Waals surface area contributed by atoms with Crippen LogP contribution in [0.4, 0.5) is 0 Å². The Morgan fingerprint density at radius 3 is 2.63 bits per heavy atom. The molecule has 3 N–H and O–H groups in total. The van der Waals surface area contributed by atoms with E-state index in [4.69, 9.17) is 5.11 Å². The molecule has 1 fully saturated rings. The maximum absolute atomic E-state index is 12.1. The van der Waals surface area contributed by atoms with Gasteiger partial charge in [-0.15, -0.1) is 0 Å². The van der Waals surface area contributed by atoms with E-state index in [2.05, 4.69) is 4.98 Å². The average molecular weight is 266 g/mol. The molecule has 1 atom stereocenters. The molecule has 0 aliphatic carbocycles. The van der Waals surface area contributed by atoms with Crippen LogP contribution in [0.5, 0.6) is 5.88 Å². The number of carboxylic acids is 1. The number of aliphatic carboxylic acids is 1. The van der Waals surface area contributed by atoms with E-state index in [1.807, 2.05) is 0 Å². The van der Waals surface area contributed by atoms with Crippen molar-refractivity contribution in [3.8, 4) is 5.88 Å². The third-order valence-corrected chi connectivity index (χ3v) is 3.35. The quantitative estimate of drug-likeness (QED) is 0.698. The van der Waals surface area contributed by atoms with Crippen LogP contribution < -0.4 is 5.56 Å². The molecule has 0 bridgehead atoms. The number of carbonyl (C=O) groups excluding carboxylic acids is 1. The fourth-order valence-electron chi connectivity index (χ4n) is 2.14. The van der Waals surface area contributed by atoms with E-state index < -0.39 is 28.7 Å². The van der Waals surface area contributed by atoms with Crippen molar-refractivity contribution in [1.29, 1.82) is 0 Å². The number of H-pyrrole nitrogens is 1. The first-order valence-electron chi connectivity index (χ1n) is 5.78. The number of aromatic hydroxyl groups is 1. The molecular formula is C12H14N2O5. The molecule has 0 saturated carbocycles. The summed E-state index contributed by atoms with van der Waals surface area (Å²) in [6.07, 6.45) is 0.364.